The van der Waals surface area contributed by atoms with Crippen molar-refractivity contribution in [1.29, 1.82) is 0 Å². The maximum atomic E-state index is 13.0. The molecular formula is C52H75N11O8S2. The summed E-state index contributed by atoms with van der Waals surface area (Å²) in [5.74, 6) is 0.554. The molecule has 19 nitrogen and oxygen atoms in total. The number of carbonyl (C=O) groups excluding carboxylic acids is 2. The second-order valence-corrected chi connectivity index (χ2v) is 21.1. The molecule has 2 aliphatic heterocycles. The number of unbranched alkanes of at least 4 members (excludes halogenated alkanes) is 2. The van der Waals surface area contributed by atoms with E-state index in [2.05, 4.69) is 56.2 Å². The zero-order chi connectivity index (χ0) is 52.8. The van der Waals surface area contributed by atoms with Gasteiger partial charge in [-0.1, -0.05) is 63.1 Å². The van der Waals surface area contributed by atoms with Gasteiger partial charge in [0, 0.05) is 108 Å². The molecular weight excluding hydrogens is 971 g/mol. The fourth-order valence-electron chi connectivity index (χ4n) is 7.86. The maximum absolute atomic E-state index is 13.0. The first-order chi connectivity index (χ1) is 35.0. The summed E-state index contributed by atoms with van der Waals surface area (Å²) in [6.45, 7) is 16.8. The molecule has 3 heterocycles. The molecule has 21 heteroatoms. The Labute approximate surface area is 432 Å². The van der Waals surface area contributed by atoms with Gasteiger partial charge in [-0.25, -0.2) is 32.1 Å². The summed E-state index contributed by atoms with van der Waals surface area (Å²) in [7, 11) is -4.03. The van der Waals surface area contributed by atoms with E-state index in [-0.39, 0.29) is 32.6 Å². The average molecular weight is 1050 g/mol. The van der Waals surface area contributed by atoms with Crippen LogP contribution >= 0.6 is 0 Å². The molecule has 0 saturated carbocycles. The maximum Gasteiger partial charge on any atom is 0.263 e. The number of likely N-dealkylation sites (N-methyl/N-ethyl adjacent to an activating group) is 2. The monoisotopic (exact) mass is 1050 g/mol. The summed E-state index contributed by atoms with van der Waals surface area (Å²) >= 11 is 0. The van der Waals surface area contributed by atoms with E-state index in [9.17, 15) is 26.4 Å². The quantitative estimate of drug-likeness (QED) is 0.0396. The van der Waals surface area contributed by atoms with Crippen LogP contribution in [0.1, 0.15) is 73.1 Å². The number of Topliss-reactive ketones (excluding diaryl/α,β-unsaturated/α-hetero) is 1. The molecule has 0 spiro atoms. The molecule has 5 aromatic rings. The van der Waals surface area contributed by atoms with Gasteiger partial charge in [-0.3, -0.25) is 19.1 Å². The lowest BCUT2D eigenvalue weighted by atomic mass is 10.0. The first-order valence-corrected chi connectivity index (χ1v) is 28.0. The standard InChI is InChI=1S/C25H36N4O4S.C20H22N4O4S.C7H17N3/c1-3-4-12-27-22-18-20(23(30)11-8-13-29-16-14-28(2)15-17-29)19-24(34(26,31)32)25(22)33-21-9-6-5-7-10-21;1-2-3-9-23-17-12-15(20(25)24-11-10-22-14-24)13-18(29(21,26)27)19(17)28-16-7-5-4-6-8-16;1-9-4-6-10(3-2-8)7-5-9/h5-7,9-10,18-19,27H,3-4,8,11-17H2,1-2H3,(H2,26,31,32);4-8,10-14,23H,2-3,9H2,1H3,(H2,21,26,27);2-8H2,1H3. The third-order valence-electron chi connectivity index (χ3n) is 12.2. The van der Waals surface area contributed by atoms with E-state index >= 15 is 0 Å². The Morgan fingerprint density at radius 2 is 1.08 bits per heavy atom. The van der Waals surface area contributed by atoms with Gasteiger partial charge < -0.3 is 40.5 Å². The molecule has 0 unspecified atom stereocenters. The smallest absolute Gasteiger partial charge is 0.263 e. The fourth-order valence-corrected chi connectivity index (χ4v) is 9.26. The zero-order valence-electron chi connectivity index (χ0n) is 42.7. The number of hydrogen-bond acceptors (Lipinski definition) is 16. The number of anilines is 2. The molecule has 4 aromatic carbocycles. The molecule has 8 N–H and O–H groups in total. The number of hydrogen-bond donors (Lipinski definition) is 5. The number of piperazine rings is 2. The van der Waals surface area contributed by atoms with E-state index < -0.39 is 26.0 Å². The number of nitrogens with two attached hydrogens (primary N) is 3. The minimum atomic E-state index is -4.17. The Morgan fingerprint density at radius 1 is 0.630 bits per heavy atom. The summed E-state index contributed by atoms with van der Waals surface area (Å²) < 4.78 is 62.7. The lowest BCUT2D eigenvalue weighted by Gasteiger charge is -2.32. The van der Waals surface area contributed by atoms with Gasteiger partial charge in [0.1, 0.15) is 27.6 Å². The largest absolute Gasteiger partial charge is 0.454 e. The topological polar surface area (TPSA) is 254 Å². The molecule has 0 atom stereocenters. The summed E-state index contributed by atoms with van der Waals surface area (Å²) in [6.07, 6.45) is 9.00. The summed E-state index contributed by atoms with van der Waals surface area (Å²) in [5, 5.41) is 17.4. The van der Waals surface area contributed by atoms with E-state index in [0.29, 0.717) is 54.4 Å². The van der Waals surface area contributed by atoms with E-state index in [0.717, 1.165) is 71.5 Å². The number of sulfonamides is 2. The molecule has 2 fully saturated rings. The lowest BCUT2D eigenvalue weighted by Crippen LogP contribution is -2.45. The van der Waals surface area contributed by atoms with Crippen molar-refractivity contribution in [3.8, 4) is 23.0 Å². The van der Waals surface area contributed by atoms with Crippen molar-refractivity contribution in [3.05, 3.63) is 115 Å². The van der Waals surface area contributed by atoms with Crippen molar-refractivity contribution in [1.82, 2.24) is 29.2 Å². The van der Waals surface area contributed by atoms with Crippen molar-refractivity contribution in [2.75, 3.05) is 110 Å². The Balaban J connectivity index is 0.000000229. The van der Waals surface area contributed by atoms with Crippen LogP contribution in [0, 0.1) is 0 Å². The molecule has 0 amide bonds. The number of carbonyl (C=O) groups is 2. The first kappa shape index (κ1) is 58.1. The van der Waals surface area contributed by atoms with Crippen LogP contribution in [0.2, 0.25) is 0 Å². The first-order valence-electron chi connectivity index (χ1n) is 24.9. The number of nitrogens with zero attached hydrogens (tertiary/aromatic N) is 6. The van der Waals surface area contributed by atoms with Crippen molar-refractivity contribution in [2.24, 2.45) is 16.0 Å². The predicted molar refractivity (Wildman–Crippen MR) is 288 cm³/mol. The molecule has 398 valence electrons. The van der Waals surface area contributed by atoms with E-state index in [1.54, 1.807) is 60.7 Å². The van der Waals surface area contributed by atoms with Crippen LogP contribution in [0.25, 0.3) is 0 Å². The summed E-state index contributed by atoms with van der Waals surface area (Å²) in [4.78, 5) is 38.6. The molecule has 2 aliphatic rings. The van der Waals surface area contributed by atoms with Gasteiger partial charge in [-0.05, 0) is 88.4 Å². The molecule has 73 heavy (non-hydrogen) atoms. The fraction of sp³-hybridized carbons (Fsp3) is 0.442. The van der Waals surface area contributed by atoms with Gasteiger partial charge in [0.2, 0.25) is 20.0 Å². The summed E-state index contributed by atoms with van der Waals surface area (Å²) in [5.41, 5.74) is 6.73. The van der Waals surface area contributed by atoms with Crippen molar-refractivity contribution < 1.29 is 35.9 Å². The SMILES string of the molecule is CCCCNc1cc(C(=O)CCCN2CCN(C)CC2)cc(S(N)(=O)=O)c1Oc1ccccc1.CCCCNc1cc(C(=O)n2ccnc2)cc(S(N)(=O)=O)c1Oc1ccccc1.CN1CCN(CCN)CC1. The highest BCUT2D eigenvalue weighted by Crippen LogP contribution is 2.39. The van der Waals surface area contributed by atoms with Crippen LogP contribution in [-0.4, -0.2) is 157 Å². The number of benzene rings is 4. The number of primary sulfonamides is 2. The minimum absolute atomic E-state index is 0.0528. The highest BCUT2D eigenvalue weighted by Gasteiger charge is 2.26. The predicted octanol–water partition coefficient (Wildman–Crippen LogP) is 5.96. The van der Waals surface area contributed by atoms with Crippen molar-refractivity contribution in [3.63, 3.8) is 0 Å². The van der Waals surface area contributed by atoms with Crippen LogP contribution in [0.3, 0.4) is 0 Å². The minimum Gasteiger partial charge on any atom is -0.454 e. The third kappa shape index (κ3) is 18.9. The van der Waals surface area contributed by atoms with E-state index in [1.807, 2.05) is 19.1 Å². The van der Waals surface area contributed by atoms with Gasteiger partial charge in [0.25, 0.3) is 5.91 Å². The number of ketones is 1. The number of imidazole rings is 1. The second-order valence-electron chi connectivity index (χ2n) is 18.1. The lowest BCUT2D eigenvalue weighted by molar-refractivity contribution is 0.0954. The van der Waals surface area contributed by atoms with Gasteiger partial charge in [0.05, 0.1) is 11.4 Å². The zero-order valence-corrected chi connectivity index (χ0v) is 44.4. The molecule has 0 aliphatic carbocycles. The number of para-hydroxylation sites is 2. The number of rotatable bonds is 22. The van der Waals surface area contributed by atoms with Crippen LogP contribution in [-0.2, 0) is 20.0 Å². The molecule has 2 saturated heterocycles. The number of aromatic nitrogens is 2. The van der Waals surface area contributed by atoms with Crippen LogP contribution in [0.15, 0.2) is 113 Å². The highest BCUT2D eigenvalue weighted by atomic mass is 32.2. The van der Waals surface area contributed by atoms with Gasteiger partial charge in [-0.15, -0.1) is 0 Å². The molecule has 0 radical (unpaired) electrons. The van der Waals surface area contributed by atoms with Crippen LogP contribution in [0.4, 0.5) is 11.4 Å². The van der Waals surface area contributed by atoms with Crippen LogP contribution in [0.5, 0.6) is 23.0 Å². The average Bonchev–Trinajstić information content (AvgIpc) is 3.92. The van der Waals surface area contributed by atoms with E-state index in [1.165, 1.54) is 61.6 Å². The Morgan fingerprint density at radius 3 is 1.51 bits per heavy atom. The normalized spacial score (nSPS) is 14.8. The third-order valence-corrected chi connectivity index (χ3v) is 14.0. The van der Waals surface area contributed by atoms with Crippen LogP contribution < -0.4 is 36.1 Å². The Kier molecular flexibility index (Phi) is 23.3. The Bertz CT molecular complexity index is 2700. The number of nitrogens with one attached hydrogen (secondary N) is 2. The van der Waals surface area contributed by atoms with Crippen molar-refractivity contribution >= 4 is 43.1 Å². The van der Waals surface area contributed by atoms with E-state index in [4.69, 9.17) is 25.5 Å². The van der Waals surface area contributed by atoms with Gasteiger partial charge >= 0.3 is 0 Å². The second kappa shape index (κ2) is 29.2. The Hall–Kier alpha value is -5.75. The van der Waals surface area contributed by atoms with Gasteiger partial charge in [0.15, 0.2) is 17.3 Å². The molecule has 7 rings (SSSR count). The molecule has 0 bridgehead atoms. The van der Waals surface area contributed by atoms with Gasteiger partial charge in [-0.2, -0.15) is 0 Å². The summed E-state index contributed by atoms with van der Waals surface area (Å²) in [6, 6.07) is 23.5. The number of ether oxygens (including phenoxy) is 2. The highest BCUT2D eigenvalue weighted by molar-refractivity contribution is 7.89. The van der Waals surface area contributed by atoms with Crippen molar-refractivity contribution in [2.45, 2.75) is 62.2 Å². The molecule has 1 aromatic heterocycles.